The zero-order valence-corrected chi connectivity index (χ0v) is 9.73. The molecule has 90 valence electrons. The number of nitrogens with one attached hydrogen (secondary N) is 1. The maximum atomic E-state index is 11.1. The van der Waals surface area contributed by atoms with Gasteiger partial charge in [0.15, 0.2) is 5.60 Å². The molecule has 0 saturated carbocycles. The molecule has 0 amide bonds. The van der Waals surface area contributed by atoms with E-state index in [4.69, 9.17) is 0 Å². The van der Waals surface area contributed by atoms with Crippen LogP contribution in [-0.4, -0.2) is 40.1 Å². The summed E-state index contributed by atoms with van der Waals surface area (Å²) in [6.45, 7) is 2.02. The number of aromatic nitrogens is 2. The molecule has 1 unspecified atom stereocenters. The highest BCUT2D eigenvalue weighted by Crippen LogP contribution is 2.04. The summed E-state index contributed by atoms with van der Waals surface area (Å²) in [4.78, 5) is 11.1. The van der Waals surface area contributed by atoms with Crippen LogP contribution in [-0.2, 0) is 23.1 Å². The zero-order chi connectivity index (χ0) is 12.2. The van der Waals surface area contributed by atoms with Crippen LogP contribution >= 0.6 is 0 Å². The Morgan fingerprint density at radius 3 is 2.94 bits per heavy atom. The largest absolute Gasteiger partial charge is 0.467 e. The lowest BCUT2D eigenvalue weighted by Gasteiger charge is -2.20. The number of esters is 1. The first-order valence-electron chi connectivity index (χ1n) is 4.96. The van der Waals surface area contributed by atoms with Crippen LogP contribution in [0.5, 0.6) is 0 Å². The lowest BCUT2D eigenvalue weighted by Crippen LogP contribution is -2.45. The van der Waals surface area contributed by atoms with E-state index in [-0.39, 0.29) is 6.54 Å². The standard InChI is InChI=1S/C10H17N3O3/c1-10(15,9(14)16-3)7-11-6-8-4-5-13(2)12-8/h4-5,11,15H,6-7H2,1-3H3. The van der Waals surface area contributed by atoms with Crippen molar-refractivity contribution in [2.75, 3.05) is 13.7 Å². The van der Waals surface area contributed by atoms with E-state index >= 15 is 0 Å². The molecule has 0 bridgehead atoms. The fraction of sp³-hybridized carbons (Fsp3) is 0.600. The molecule has 0 aliphatic carbocycles. The number of carbonyl (C=O) groups is 1. The second-order valence-corrected chi connectivity index (χ2v) is 3.85. The summed E-state index contributed by atoms with van der Waals surface area (Å²) in [7, 11) is 3.07. The number of aliphatic hydroxyl groups is 1. The van der Waals surface area contributed by atoms with Gasteiger partial charge in [0, 0.05) is 26.3 Å². The average Bonchev–Trinajstić information content (AvgIpc) is 2.62. The molecule has 1 heterocycles. The van der Waals surface area contributed by atoms with Crippen molar-refractivity contribution >= 4 is 5.97 Å². The van der Waals surface area contributed by atoms with Crippen molar-refractivity contribution in [3.05, 3.63) is 18.0 Å². The van der Waals surface area contributed by atoms with Gasteiger partial charge in [0.1, 0.15) is 0 Å². The SMILES string of the molecule is COC(=O)C(C)(O)CNCc1ccn(C)n1. The van der Waals surface area contributed by atoms with Crippen molar-refractivity contribution in [1.82, 2.24) is 15.1 Å². The number of methoxy groups -OCH3 is 1. The van der Waals surface area contributed by atoms with Gasteiger partial charge in [-0.1, -0.05) is 0 Å². The number of nitrogens with zero attached hydrogens (tertiary/aromatic N) is 2. The van der Waals surface area contributed by atoms with Gasteiger partial charge in [0.05, 0.1) is 12.8 Å². The van der Waals surface area contributed by atoms with Crippen molar-refractivity contribution in [1.29, 1.82) is 0 Å². The predicted molar refractivity (Wildman–Crippen MR) is 57.6 cm³/mol. The first kappa shape index (κ1) is 12.7. The van der Waals surface area contributed by atoms with E-state index in [9.17, 15) is 9.90 Å². The molecule has 0 aliphatic heterocycles. The molecule has 1 aromatic rings. The summed E-state index contributed by atoms with van der Waals surface area (Å²) in [6.07, 6.45) is 1.83. The maximum absolute atomic E-state index is 11.1. The topological polar surface area (TPSA) is 76.4 Å². The zero-order valence-electron chi connectivity index (χ0n) is 9.73. The van der Waals surface area contributed by atoms with Crippen LogP contribution < -0.4 is 5.32 Å². The third kappa shape index (κ3) is 3.32. The van der Waals surface area contributed by atoms with Gasteiger partial charge in [-0.15, -0.1) is 0 Å². The van der Waals surface area contributed by atoms with Crippen molar-refractivity contribution < 1.29 is 14.6 Å². The monoisotopic (exact) mass is 227 g/mol. The van der Waals surface area contributed by atoms with E-state index in [0.29, 0.717) is 6.54 Å². The van der Waals surface area contributed by atoms with Crippen LogP contribution in [0.2, 0.25) is 0 Å². The quantitative estimate of drug-likeness (QED) is 0.659. The fourth-order valence-corrected chi connectivity index (χ4v) is 1.28. The van der Waals surface area contributed by atoms with Gasteiger partial charge in [-0.05, 0) is 13.0 Å². The molecule has 0 aliphatic rings. The molecule has 1 atom stereocenters. The van der Waals surface area contributed by atoms with Gasteiger partial charge in [-0.25, -0.2) is 4.79 Å². The summed E-state index contributed by atoms with van der Waals surface area (Å²) in [5.41, 5.74) is -0.660. The van der Waals surface area contributed by atoms with Crippen molar-refractivity contribution in [3.8, 4) is 0 Å². The molecule has 1 rings (SSSR count). The van der Waals surface area contributed by atoms with Gasteiger partial charge < -0.3 is 15.2 Å². The third-order valence-electron chi connectivity index (χ3n) is 2.17. The molecule has 0 spiro atoms. The molecule has 6 nitrogen and oxygen atoms in total. The second kappa shape index (κ2) is 5.09. The molecule has 1 aromatic heterocycles. The van der Waals surface area contributed by atoms with Crippen LogP contribution in [0.15, 0.2) is 12.3 Å². The van der Waals surface area contributed by atoms with Crippen LogP contribution in [0.3, 0.4) is 0 Å². The van der Waals surface area contributed by atoms with E-state index < -0.39 is 11.6 Å². The number of carbonyl (C=O) groups excluding carboxylic acids is 1. The van der Waals surface area contributed by atoms with E-state index in [1.165, 1.54) is 14.0 Å². The lowest BCUT2D eigenvalue weighted by molar-refractivity contribution is -0.159. The highest BCUT2D eigenvalue weighted by Gasteiger charge is 2.30. The van der Waals surface area contributed by atoms with E-state index in [1.807, 2.05) is 19.3 Å². The second-order valence-electron chi connectivity index (χ2n) is 3.85. The molecule has 0 radical (unpaired) electrons. The molecule has 0 saturated heterocycles. The molecule has 6 heteroatoms. The lowest BCUT2D eigenvalue weighted by atomic mass is 10.1. The maximum Gasteiger partial charge on any atom is 0.338 e. The first-order chi connectivity index (χ1) is 7.45. The minimum atomic E-state index is -1.51. The van der Waals surface area contributed by atoms with Crippen LogP contribution in [0, 0.1) is 0 Å². The van der Waals surface area contributed by atoms with Gasteiger partial charge in [-0.3, -0.25) is 4.68 Å². The van der Waals surface area contributed by atoms with Crippen LogP contribution in [0.25, 0.3) is 0 Å². The number of ether oxygens (including phenoxy) is 1. The number of hydrogen-bond acceptors (Lipinski definition) is 5. The third-order valence-corrected chi connectivity index (χ3v) is 2.17. The highest BCUT2D eigenvalue weighted by molar-refractivity contribution is 5.78. The summed E-state index contributed by atoms with van der Waals surface area (Å²) in [6, 6.07) is 1.86. The van der Waals surface area contributed by atoms with Crippen molar-refractivity contribution in [3.63, 3.8) is 0 Å². The Morgan fingerprint density at radius 1 is 1.75 bits per heavy atom. The van der Waals surface area contributed by atoms with Gasteiger partial charge in [-0.2, -0.15) is 5.10 Å². The number of aryl methyl sites for hydroxylation is 1. The predicted octanol–water partition coefficient (Wildman–Crippen LogP) is -0.566. The van der Waals surface area contributed by atoms with E-state index in [2.05, 4.69) is 15.2 Å². The Morgan fingerprint density at radius 2 is 2.44 bits per heavy atom. The van der Waals surface area contributed by atoms with Crippen LogP contribution in [0.4, 0.5) is 0 Å². The number of rotatable bonds is 5. The van der Waals surface area contributed by atoms with Crippen molar-refractivity contribution in [2.45, 2.75) is 19.1 Å². The Balaban J connectivity index is 2.38. The van der Waals surface area contributed by atoms with Gasteiger partial charge in [0.25, 0.3) is 0 Å². The minimum Gasteiger partial charge on any atom is -0.467 e. The Bertz CT molecular complexity index is 360. The molecule has 16 heavy (non-hydrogen) atoms. The van der Waals surface area contributed by atoms with E-state index in [0.717, 1.165) is 5.69 Å². The fourth-order valence-electron chi connectivity index (χ4n) is 1.28. The van der Waals surface area contributed by atoms with E-state index in [1.54, 1.807) is 4.68 Å². The Kier molecular flexibility index (Phi) is 4.03. The highest BCUT2D eigenvalue weighted by atomic mass is 16.5. The summed E-state index contributed by atoms with van der Waals surface area (Å²) in [5, 5.41) is 16.8. The first-order valence-corrected chi connectivity index (χ1v) is 4.96. The summed E-state index contributed by atoms with van der Waals surface area (Å²) >= 11 is 0. The molecular weight excluding hydrogens is 210 g/mol. The Labute approximate surface area is 94.2 Å². The molecule has 2 N–H and O–H groups in total. The average molecular weight is 227 g/mol. The number of hydrogen-bond donors (Lipinski definition) is 2. The Hall–Kier alpha value is -1.40. The van der Waals surface area contributed by atoms with Gasteiger partial charge >= 0.3 is 5.97 Å². The van der Waals surface area contributed by atoms with Crippen LogP contribution in [0.1, 0.15) is 12.6 Å². The normalized spacial score (nSPS) is 14.5. The molecule has 0 fully saturated rings. The minimum absolute atomic E-state index is 0.121. The smallest absolute Gasteiger partial charge is 0.338 e. The van der Waals surface area contributed by atoms with Gasteiger partial charge in [0.2, 0.25) is 0 Å². The molecule has 0 aromatic carbocycles. The summed E-state index contributed by atoms with van der Waals surface area (Å²) in [5.74, 6) is -0.652. The summed E-state index contributed by atoms with van der Waals surface area (Å²) < 4.78 is 6.16. The molecular formula is C10H17N3O3. The van der Waals surface area contributed by atoms with Crippen molar-refractivity contribution in [2.24, 2.45) is 7.05 Å².